The summed E-state index contributed by atoms with van der Waals surface area (Å²) in [5.74, 6) is -4.08. The number of nitrogens with zero attached hydrogens (tertiary/aromatic N) is 2. The molecular weight excluding hydrogens is 412 g/mol. The lowest BCUT2D eigenvalue weighted by Crippen LogP contribution is -2.44. The lowest BCUT2D eigenvalue weighted by Gasteiger charge is -2.26. The Bertz CT molecular complexity index is 631. The second kappa shape index (κ2) is 15.6. The van der Waals surface area contributed by atoms with Crippen molar-refractivity contribution in [2.24, 2.45) is 0 Å². The average Bonchev–Trinajstić information content (AvgIpc) is 2.52. The quantitative estimate of drug-likeness (QED) is 0.230. The molecule has 0 fully saturated rings. The van der Waals surface area contributed by atoms with Gasteiger partial charge in [0.1, 0.15) is 5.25 Å². The SMILES string of the molecule is C=CC[N+](C)(C)CC=C.C=CC[N+](C)(C)CC=C.O=C([O-])CC(C(=O)[O-])S(=O)(=O)O. The van der Waals surface area contributed by atoms with E-state index in [1.54, 1.807) is 0 Å². The Kier molecular flexibility index (Phi) is 16.8. The van der Waals surface area contributed by atoms with Crippen LogP contribution in [0, 0.1) is 0 Å². The van der Waals surface area contributed by atoms with Gasteiger partial charge in [-0.3, -0.25) is 4.55 Å². The Hall–Kier alpha value is -2.27. The number of carboxylic acids is 2. The summed E-state index contributed by atoms with van der Waals surface area (Å²) in [5.41, 5.74) is 0. The highest BCUT2D eigenvalue weighted by molar-refractivity contribution is 7.87. The first-order chi connectivity index (χ1) is 13.5. The van der Waals surface area contributed by atoms with Gasteiger partial charge >= 0.3 is 0 Å². The van der Waals surface area contributed by atoms with Crippen LogP contribution in [0.15, 0.2) is 50.6 Å². The van der Waals surface area contributed by atoms with Crippen LogP contribution < -0.4 is 10.2 Å². The van der Waals surface area contributed by atoms with Gasteiger partial charge in [0, 0.05) is 12.4 Å². The van der Waals surface area contributed by atoms with Crippen LogP contribution in [0.5, 0.6) is 0 Å². The minimum atomic E-state index is -4.94. The maximum absolute atomic E-state index is 10.2. The third-order valence-corrected chi connectivity index (χ3v) is 4.55. The Morgan fingerprint density at radius 1 is 0.833 bits per heavy atom. The van der Waals surface area contributed by atoms with Gasteiger partial charge in [-0.15, -0.1) is 0 Å². The molecule has 0 aromatic carbocycles. The van der Waals surface area contributed by atoms with Crippen molar-refractivity contribution in [2.45, 2.75) is 11.7 Å². The molecular formula is C20H36N2O7S. The molecule has 9 nitrogen and oxygen atoms in total. The van der Waals surface area contributed by atoms with Crippen LogP contribution in [-0.4, -0.2) is 93.5 Å². The molecule has 10 heteroatoms. The summed E-state index contributed by atoms with van der Waals surface area (Å²) in [5, 5.41) is 17.3. The van der Waals surface area contributed by atoms with E-state index >= 15 is 0 Å². The highest BCUT2D eigenvalue weighted by Crippen LogP contribution is 2.02. The van der Waals surface area contributed by atoms with Gasteiger partial charge in [-0.25, -0.2) is 0 Å². The minimum Gasteiger partial charge on any atom is -0.550 e. The molecule has 0 bridgehead atoms. The fourth-order valence-corrected chi connectivity index (χ4v) is 2.60. The zero-order valence-electron chi connectivity index (χ0n) is 18.5. The van der Waals surface area contributed by atoms with Gasteiger partial charge in [-0.05, 0) is 24.3 Å². The van der Waals surface area contributed by atoms with E-state index in [9.17, 15) is 28.2 Å². The third kappa shape index (κ3) is 20.5. The molecule has 0 saturated heterocycles. The third-order valence-electron chi connectivity index (χ3n) is 3.47. The van der Waals surface area contributed by atoms with Crippen LogP contribution >= 0.6 is 0 Å². The van der Waals surface area contributed by atoms with Crippen molar-refractivity contribution in [2.75, 3.05) is 54.4 Å². The Labute approximate surface area is 180 Å². The molecule has 0 radical (unpaired) electrons. The van der Waals surface area contributed by atoms with E-state index in [1.165, 1.54) is 0 Å². The maximum atomic E-state index is 10.2. The van der Waals surface area contributed by atoms with Crippen molar-refractivity contribution in [1.29, 1.82) is 0 Å². The van der Waals surface area contributed by atoms with E-state index in [4.69, 9.17) is 4.55 Å². The van der Waals surface area contributed by atoms with Gasteiger partial charge in [0.25, 0.3) is 10.1 Å². The number of hydrogen-bond donors (Lipinski definition) is 1. The van der Waals surface area contributed by atoms with Crippen LogP contribution in [-0.2, 0) is 19.7 Å². The molecule has 0 aliphatic rings. The van der Waals surface area contributed by atoms with E-state index in [0.29, 0.717) is 0 Å². The molecule has 0 spiro atoms. The number of carbonyl (C=O) groups excluding carboxylic acids is 2. The maximum Gasteiger partial charge on any atom is 0.273 e. The molecule has 0 aromatic rings. The molecule has 0 aliphatic heterocycles. The Morgan fingerprint density at radius 2 is 1.10 bits per heavy atom. The first kappa shape index (κ1) is 32.4. The van der Waals surface area contributed by atoms with Crippen LogP contribution in [0.4, 0.5) is 0 Å². The predicted octanol–water partition coefficient (Wildman–Crippen LogP) is -0.998. The van der Waals surface area contributed by atoms with Crippen molar-refractivity contribution in [3.05, 3.63) is 50.6 Å². The summed E-state index contributed by atoms with van der Waals surface area (Å²) in [6.07, 6.45) is 6.40. The highest BCUT2D eigenvalue weighted by atomic mass is 32.2. The molecule has 1 unspecified atom stereocenters. The van der Waals surface area contributed by atoms with E-state index in [0.717, 1.165) is 35.1 Å². The summed E-state index contributed by atoms with van der Waals surface area (Å²) in [6.45, 7) is 18.7. The number of rotatable bonds is 12. The van der Waals surface area contributed by atoms with Crippen LogP contribution in [0.3, 0.4) is 0 Å². The van der Waals surface area contributed by atoms with E-state index in [2.05, 4.69) is 54.5 Å². The predicted molar refractivity (Wildman–Crippen MR) is 114 cm³/mol. The number of aliphatic carboxylic acids is 2. The van der Waals surface area contributed by atoms with Crippen molar-refractivity contribution >= 4 is 22.1 Å². The number of carboxylic acid groups (broad SMARTS) is 2. The van der Waals surface area contributed by atoms with Crippen LogP contribution in [0.1, 0.15) is 6.42 Å². The first-order valence-electron chi connectivity index (χ1n) is 8.94. The number of likely N-dealkylation sites (N-methyl/N-ethyl adjacent to an activating group) is 2. The molecule has 0 aromatic heterocycles. The number of carbonyl (C=O) groups is 2. The minimum absolute atomic E-state index is 0.951. The summed E-state index contributed by atoms with van der Waals surface area (Å²) in [6, 6.07) is 0. The smallest absolute Gasteiger partial charge is 0.273 e. The van der Waals surface area contributed by atoms with Crippen LogP contribution in [0.2, 0.25) is 0 Å². The second-order valence-electron chi connectivity index (χ2n) is 7.66. The van der Waals surface area contributed by atoms with E-state index in [-0.39, 0.29) is 0 Å². The Morgan fingerprint density at radius 3 is 1.20 bits per heavy atom. The van der Waals surface area contributed by atoms with Crippen molar-refractivity contribution in [1.82, 2.24) is 0 Å². The molecule has 0 amide bonds. The average molecular weight is 449 g/mol. The van der Waals surface area contributed by atoms with Crippen molar-refractivity contribution in [3.63, 3.8) is 0 Å². The normalized spacial score (nSPS) is 12.0. The summed E-state index contributed by atoms with van der Waals surface area (Å²) in [4.78, 5) is 19.7. The fraction of sp³-hybridized carbons (Fsp3) is 0.500. The monoisotopic (exact) mass is 448 g/mol. The lowest BCUT2D eigenvalue weighted by molar-refractivity contribution is -0.878. The zero-order chi connectivity index (χ0) is 24.6. The largest absolute Gasteiger partial charge is 0.550 e. The fourth-order valence-electron chi connectivity index (χ4n) is 2.01. The van der Waals surface area contributed by atoms with Gasteiger partial charge in [0.15, 0.2) is 0 Å². The molecule has 0 rings (SSSR count). The van der Waals surface area contributed by atoms with Gasteiger partial charge < -0.3 is 28.8 Å². The van der Waals surface area contributed by atoms with Crippen LogP contribution in [0.25, 0.3) is 0 Å². The zero-order valence-corrected chi connectivity index (χ0v) is 19.3. The molecule has 0 heterocycles. The van der Waals surface area contributed by atoms with Crippen molar-refractivity contribution in [3.8, 4) is 0 Å². The standard InChI is InChI=1S/2C8H16N.C4H6O7S/c2*1-5-7-9(3,4)8-6-2;5-3(6)1-2(4(7)8)12(9,10)11/h2*5-6H,1-2,7-8H2,3-4H3;2H,1H2,(H,5,6)(H,7,8)(H,9,10,11)/q2*+1;/p-2. The van der Waals surface area contributed by atoms with Crippen molar-refractivity contribution < 1.29 is 41.7 Å². The summed E-state index contributed by atoms with van der Waals surface area (Å²) in [7, 11) is 3.68. The molecule has 0 aliphatic carbocycles. The molecule has 1 N–H and O–H groups in total. The molecule has 174 valence electrons. The van der Waals surface area contributed by atoms with Gasteiger partial charge in [0.2, 0.25) is 0 Å². The van der Waals surface area contributed by atoms with Gasteiger partial charge in [-0.2, -0.15) is 8.42 Å². The second-order valence-corrected chi connectivity index (χ2v) is 9.25. The molecule has 30 heavy (non-hydrogen) atoms. The van der Waals surface area contributed by atoms with Gasteiger partial charge in [0.05, 0.1) is 60.3 Å². The lowest BCUT2D eigenvalue weighted by atomic mass is 10.3. The molecule has 1 atom stereocenters. The number of hydrogen-bond acceptors (Lipinski definition) is 6. The van der Waals surface area contributed by atoms with Gasteiger partial charge in [-0.1, -0.05) is 26.3 Å². The summed E-state index contributed by atoms with van der Waals surface area (Å²) < 4.78 is 30.4. The highest BCUT2D eigenvalue weighted by Gasteiger charge is 2.24. The summed E-state index contributed by atoms with van der Waals surface area (Å²) >= 11 is 0. The first-order valence-corrected chi connectivity index (χ1v) is 10.4. The molecule has 0 saturated carbocycles. The van der Waals surface area contributed by atoms with E-state index < -0.39 is 33.7 Å². The number of quaternary nitrogens is 2. The van der Waals surface area contributed by atoms with E-state index in [1.807, 2.05) is 24.3 Å². The topological polar surface area (TPSA) is 135 Å². The Balaban J connectivity index is -0.000000371.